The first-order valence-electron chi connectivity index (χ1n) is 12.9. The van der Waals surface area contributed by atoms with Crippen molar-refractivity contribution >= 4 is 17.7 Å². The number of nitrogens with zero attached hydrogens (tertiary/aromatic N) is 3. The number of ether oxygens (including phenoxy) is 2. The van der Waals surface area contributed by atoms with Crippen LogP contribution in [0.25, 0.3) is 0 Å². The molecule has 4 rings (SSSR count). The summed E-state index contributed by atoms with van der Waals surface area (Å²) >= 11 is 0. The van der Waals surface area contributed by atoms with Crippen molar-refractivity contribution in [1.82, 2.24) is 14.3 Å². The second-order valence-corrected chi connectivity index (χ2v) is 11.0. The molecule has 0 radical (unpaired) electrons. The van der Waals surface area contributed by atoms with Crippen molar-refractivity contribution in [2.75, 3.05) is 48.9 Å². The van der Waals surface area contributed by atoms with Crippen molar-refractivity contribution in [2.24, 2.45) is 0 Å². The molecule has 2 aliphatic rings. The fourth-order valence-electron chi connectivity index (χ4n) is 4.86. The minimum atomic E-state index is -0.566. The number of piperidine rings is 1. The molecule has 38 heavy (non-hydrogen) atoms. The van der Waals surface area contributed by atoms with Crippen LogP contribution in [0.5, 0.6) is 5.75 Å². The molecule has 2 heterocycles. The Hall–Kier alpha value is -2.46. The lowest BCUT2D eigenvalue weighted by atomic mass is 9.98. The highest BCUT2D eigenvalue weighted by atomic mass is 79.9. The molecule has 2 aromatic rings. The summed E-state index contributed by atoms with van der Waals surface area (Å²) in [6.07, 6.45) is 3.90. The number of rotatable bonds is 6. The molecule has 2 fully saturated rings. The molecule has 1 amide bonds. The van der Waals surface area contributed by atoms with Gasteiger partial charge in [-0.3, -0.25) is 9.28 Å². The van der Waals surface area contributed by atoms with E-state index in [1.165, 1.54) is 17.7 Å². The average molecular weight is 593 g/mol. The van der Waals surface area contributed by atoms with Crippen molar-refractivity contribution in [3.8, 4) is 5.75 Å². The van der Waals surface area contributed by atoms with Crippen LogP contribution in [-0.2, 0) is 9.53 Å². The van der Waals surface area contributed by atoms with E-state index >= 15 is 0 Å². The number of aliphatic hydroxyl groups excluding tert-OH is 1. The number of quaternary nitrogens is 1. The summed E-state index contributed by atoms with van der Waals surface area (Å²) in [5.74, 6) is -0.287. The van der Waals surface area contributed by atoms with Gasteiger partial charge in [0.15, 0.2) is 0 Å². The van der Waals surface area contributed by atoms with Crippen LogP contribution < -0.4 is 26.2 Å². The van der Waals surface area contributed by atoms with Gasteiger partial charge in [0.1, 0.15) is 23.5 Å². The predicted molar refractivity (Wildman–Crippen MR) is 146 cm³/mol. The third kappa shape index (κ3) is 8.53. The van der Waals surface area contributed by atoms with Crippen LogP contribution >= 0.6 is 0 Å². The van der Waals surface area contributed by atoms with Crippen molar-refractivity contribution in [2.45, 2.75) is 49.8 Å². The third-order valence-corrected chi connectivity index (χ3v) is 7.17. The smallest absolute Gasteiger partial charge is 0.414 e. The predicted octanol–water partition coefficient (Wildman–Crippen LogP) is 0.879. The number of amides is 1. The van der Waals surface area contributed by atoms with Gasteiger partial charge in [-0.15, -0.1) is 0 Å². The highest BCUT2D eigenvalue weighted by Gasteiger charge is 2.40. The van der Waals surface area contributed by atoms with Gasteiger partial charge in [-0.25, -0.2) is 4.79 Å². The van der Waals surface area contributed by atoms with E-state index in [1.807, 2.05) is 48.5 Å². The molecular formula is C29H42BrN3O5. The van der Waals surface area contributed by atoms with E-state index in [0.717, 1.165) is 24.1 Å². The first-order chi connectivity index (χ1) is 17.5. The number of aliphatic hydroxyl groups is 1. The molecule has 0 aromatic heterocycles. The van der Waals surface area contributed by atoms with Crippen molar-refractivity contribution < 1.29 is 41.2 Å². The fourth-order valence-corrected chi connectivity index (χ4v) is 4.86. The molecule has 2 aromatic carbocycles. The van der Waals surface area contributed by atoms with E-state index in [0.29, 0.717) is 22.3 Å². The SMILES string of the molecule is CN(C)C(=O)Oc1cccc([N+](C)(C)C)c1.CN1[C@@H]2CC[C@H]1CC(OC(=O)C(CO)c1ccccc1)C2.[Br-]. The molecule has 2 saturated heterocycles. The maximum Gasteiger partial charge on any atom is 0.414 e. The van der Waals surface area contributed by atoms with Gasteiger partial charge >= 0.3 is 12.1 Å². The molecule has 0 aliphatic carbocycles. The van der Waals surface area contributed by atoms with Gasteiger partial charge in [0.25, 0.3) is 0 Å². The maximum absolute atomic E-state index is 12.4. The number of carbonyl (C=O) groups is 2. The Bertz CT molecular complexity index is 1030. The first-order valence-corrected chi connectivity index (χ1v) is 12.9. The Morgan fingerprint density at radius 3 is 2.16 bits per heavy atom. The molecule has 2 bridgehead atoms. The zero-order valence-corrected chi connectivity index (χ0v) is 24.9. The topological polar surface area (TPSA) is 79.3 Å². The molecular weight excluding hydrogens is 550 g/mol. The van der Waals surface area contributed by atoms with E-state index in [1.54, 1.807) is 20.2 Å². The number of benzene rings is 2. The zero-order chi connectivity index (χ0) is 27.2. The molecule has 2 aliphatic heterocycles. The van der Waals surface area contributed by atoms with Gasteiger partial charge in [0.05, 0.1) is 27.7 Å². The standard InChI is InChI=1S/C17H23NO3.C12H19N2O2.BrH/c1-18-13-7-8-14(18)10-15(9-13)21-17(20)16(11-19)12-5-3-2-4-6-12;1-13(2)12(15)16-11-8-6-7-10(9-11)14(3,4)5;/h2-6,13-16,19H,7-11H2,1H3;6-9H,1-5H3;1H/q;+1;/p-1/t13-,14+,15?,16?;;. The number of esters is 1. The molecule has 9 heteroatoms. The van der Waals surface area contributed by atoms with Crippen molar-refractivity contribution in [3.05, 3.63) is 60.2 Å². The maximum atomic E-state index is 12.4. The number of carbonyl (C=O) groups excluding carboxylic acids is 2. The molecule has 8 nitrogen and oxygen atoms in total. The van der Waals surface area contributed by atoms with Gasteiger partial charge in [-0.1, -0.05) is 36.4 Å². The monoisotopic (exact) mass is 591 g/mol. The first kappa shape index (κ1) is 31.8. The normalized spacial score (nSPS) is 21.3. The summed E-state index contributed by atoms with van der Waals surface area (Å²) in [7, 11) is 11.7. The van der Waals surface area contributed by atoms with E-state index in [2.05, 4.69) is 33.1 Å². The van der Waals surface area contributed by atoms with Crippen LogP contribution in [0.4, 0.5) is 10.5 Å². The number of hydrogen-bond donors (Lipinski definition) is 1. The highest BCUT2D eigenvalue weighted by molar-refractivity contribution is 5.78. The average Bonchev–Trinajstić information content (AvgIpc) is 3.05. The quantitative estimate of drug-likeness (QED) is 0.397. The van der Waals surface area contributed by atoms with Crippen LogP contribution in [0, 0.1) is 0 Å². The minimum Gasteiger partial charge on any atom is -1.00 e. The zero-order valence-electron chi connectivity index (χ0n) is 23.3. The van der Waals surface area contributed by atoms with Crippen molar-refractivity contribution in [1.29, 1.82) is 0 Å². The summed E-state index contributed by atoms with van der Waals surface area (Å²) < 4.78 is 11.6. The molecule has 4 atom stereocenters. The van der Waals surface area contributed by atoms with Gasteiger partial charge in [0.2, 0.25) is 0 Å². The van der Waals surface area contributed by atoms with Crippen LogP contribution in [0.3, 0.4) is 0 Å². The lowest BCUT2D eigenvalue weighted by Crippen LogP contribution is -3.00. The van der Waals surface area contributed by atoms with Gasteiger partial charge in [0, 0.05) is 32.2 Å². The lowest BCUT2D eigenvalue weighted by molar-refractivity contribution is -0.155. The Morgan fingerprint density at radius 2 is 1.63 bits per heavy atom. The largest absolute Gasteiger partial charge is 1.00 e. The Labute approximate surface area is 237 Å². The summed E-state index contributed by atoms with van der Waals surface area (Å²) in [5, 5.41) is 9.53. The Kier molecular flexibility index (Phi) is 11.8. The summed E-state index contributed by atoms with van der Waals surface area (Å²) in [5.41, 5.74) is 1.91. The van der Waals surface area contributed by atoms with Crippen LogP contribution in [-0.4, -0.2) is 94.0 Å². The lowest BCUT2D eigenvalue weighted by Gasteiger charge is -2.36. The molecule has 0 spiro atoms. The molecule has 1 N–H and O–H groups in total. The second-order valence-electron chi connectivity index (χ2n) is 11.0. The van der Waals surface area contributed by atoms with Crippen LogP contribution in [0.2, 0.25) is 0 Å². The Morgan fingerprint density at radius 1 is 1.03 bits per heavy atom. The van der Waals surface area contributed by atoms with E-state index in [9.17, 15) is 14.7 Å². The van der Waals surface area contributed by atoms with Gasteiger partial charge in [-0.2, -0.15) is 0 Å². The van der Waals surface area contributed by atoms with E-state index < -0.39 is 5.92 Å². The van der Waals surface area contributed by atoms with Gasteiger partial charge in [-0.05, 0) is 50.4 Å². The van der Waals surface area contributed by atoms with Crippen molar-refractivity contribution in [3.63, 3.8) is 0 Å². The summed E-state index contributed by atoms with van der Waals surface area (Å²) in [6, 6.07) is 18.0. The third-order valence-electron chi connectivity index (χ3n) is 7.17. The number of halogens is 1. The number of fused-ring (bicyclic) bond motifs is 2. The molecule has 0 saturated carbocycles. The van der Waals surface area contributed by atoms with Gasteiger partial charge < -0.3 is 41.4 Å². The number of hydrogen-bond acceptors (Lipinski definition) is 6. The summed E-state index contributed by atoms with van der Waals surface area (Å²) in [6.45, 7) is -0.206. The molecule has 2 unspecified atom stereocenters. The van der Waals surface area contributed by atoms with E-state index in [4.69, 9.17) is 9.47 Å². The van der Waals surface area contributed by atoms with E-state index in [-0.39, 0.29) is 41.8 Å². The summed E-state index contributed by atoms with van der Waals surface area (Å²) in [4.78, 5) is 27.6. The molecule has 210 valence electrons. The second kappa shape index (κ2) is 14.1. The van der Waals surface area contributed by atoms with Crippen LogP contribution in [0.15, 0.2) is 54.6 Å². The highest BCUT2D eigenvalue weighted by Crippen LogP contribution is 2.36. The minimum absolute atomic E-state index is 0. The fraction of sp³-hybridized carbons (Fsp3) is 0.517. The van der Waals surface area contributed by atoms with Crippen LogP contribution in [0.1, 0.15) is 37.2 Å². The Balaban J connectivity index is 0.000000270.